The van der Waals surface area contributed by atoms with Crippen molar-refractivity contribution in [1.82, 2.24) is 9.55 Å². The Hall–Kier alpha value is -1.95. The van der Waals surface area contributed by atoms with Crippen molar-refractivity contribution in [3.05, 3.63) is 34.1 Å². The number of aromatic nitrogens is 2. The lowest BCUT2D eigenvalue weighted by molar-refractivity contribution is -0.384. The number of aryl methyl sites for hydroxylation is 1. The van der Waals surface area contributed by atoms with Crippen molar-refractivity contribution in [2.24, 2.45) is 7.05 Å². The molecule has 1 atom stereocenters. The van der Waals surface area contributed by atoms with Crippen molar-refractivity contribution in [1.29, 1.82) is 0 Å². The van der Waals surface area contributed by atoms with Crippen molar-refractivity contribution in [3.8, 4) is 0 Å². The van der Waals surface area contributed by atoms with Crippen LogP contribution in [0.2, 0.25) is 0 Å². The van der Waals surface area contributed by atoms with E-state index in [2.05, 4.69) is 4.98 Å². The van der Waals surface area contributed by atoms with Crippen LogP contribution in [0.5, 0.6) is 0 Å². The zero-order valence-corrected chi connectivity index (χ0v) is 8.91. The summed E-state index contributed by atoms with van der Waals surface area (Å²) in [6.45, 7) is 1.61. The topological polar surface area (TPSA) is 81.2 Å². The fourth-order valence-corrected chi connectivity index (χ4v) is 1.69. The lowest BCUT2D eigenvalue weighted by Crippen LogP contribution is -2.01. The maximum absolute atomic E-state index is 10.6. The summed E-state index contributed by atoms with van der Waals surface area (Å²) in [7, 11) is 1.77. The van der Waals surface area contributed by atoms with Gasteiger partial charge in [-0.15, -0.1) is 0 Å². The number of hydrogen-bond donors (Lipinski definition) is 1. The highest BCUT2D eigenvalue weighted by Gasteiger charge is 2.14. The summed E-state index contributed by atoms with van der Waals surface area (Å²) in [5, 5.41) is 20.1. The Morgan fingerprint density at radius 1 is 1.56 bits per heavy atom. The smallest absolute Gasteiger partial charge is 0.271 e. The first-order valence-corrected chi connectivity index (χ1v) is 4.79. The van der Waals surface area contributed by atoms with E-state index in [1.165, 1.54) is 12.1 Å². The molecule has 0 bridgehead atoms. The van der Waals surface area contributed by atoms with Gasteiger partial charge in [-0.1, -0.05) is 0 Å². The van der Waals surface area contributed by atoms with Gasteiger partial charge in [0.25, 0.3) is 5.69 Å². The van der Waals surface area contributed by atoms with Crippen molar-refractivity contribution >= 4 is 16.7 Å². The predicted octanol–water partition coefficient (Wildman–Crippen LogP) is 1.53. The van der Waals surface area contributed by atoms with E-state index in [1.807, 2.05) is 0 Å². The first-order chi connectivity index (χ1) is 7.50. The van der Waals surface area contributed by atoms with Crippen LogP contribution in [0, 0.1) is 10.1 Å². The lowest BCUT2D eigenvalue weighted by atomic mass is 10.3. The molecule has 84 valence electrons. The molecule has 6 nitrogen and oxygen atoms in total. The molecule has 1 unspecified atom stereocenters. The van der Waals surface area contributed by atoms with Gasteiger partial charge in [-0.2, -0.15) is 0 Å². The maximum atomic E-state index is 10.6. The SMILES string of the molecule is CC(O)c1nc2cc([N+](=O)[O-])ccc2n1C. The Bertz CT molecular complexity index is 560. The molecule has 0 radical (unpaired) electrons. The van der Waals surface area contributed by atoms with Crippen LogP contribution in [0.4, 0.5) is 5.69 Å². The summed E-state index contributed by atoms with van der Waals surface area (Å²) in [4.78, 5) is 14.3. The summed E-state index contributed by atoms with van der Waals surface area (Å²) in [6, 6.07) is 4.46. The number of nitrogens with zero attached hydrogens (tertiary/aromatic N) is 3. The second kappa shape index (κ2) is 3.57. The van der Waals surface area contributed by atoms with E-state index < -0.39 is 11.0 Å². The number of nitro benzene ring substituents is 1. The average molecular weight is 221 g/mol. The summed E-state index contributed by atoms with van der Waals surface area (Å²) in [5.74, 6) is 0.496. The molecule has 0 spiro atoms. The molecule has 2 aromatic rings. The second-order valence-corrected chi connectivity index (χ2v) is 3.64. The Labute approximate surface area is 91.3 Å². The minimum Gasteiger partial charge on any atom is -0.385 e. The van der Waals surface area contributed by atoms with Gasteiger partial charge in [0.2, 0.25) is 0 Å². The number of imidazole rings is 1. The summed E-state index contributed by atoms with van der Waals surface area (Å²) in [6.07, 6.45) is -0.698. The highest BCUT2D eigenvalue weighted by molar-refractivity contribution is 5.78. The van der Waals surface area contributed by atoms with E-state index in [0.717, 1.165) is 5.52 Å². The van der Waals surface area contributed by atoms with Gasteiger partial charge >= 0.3 is 0 Å². The molecular formula is C10H11N3O3. The van der Waals surface area contributed by atoms with Gasteiger partial charge in [-0.05, 0) is 13.0 Å². The number of aliphatic hydroxyl groups excluding tert-OH is 1. The van der Waals surface area contributed by atoms with E-state index in [9.17, 15) is 15.2 Å². The van der Waals surface area contributed by atoms with Crippen LogP contribution in [-0.4, -0.2) is 19.6 Å². The van der Waals surface area contributed by atoms with Gasteiger partial charge < -0.3 is 9.67 Å². The van der Waals surface area contributed by atoms with E-state index in [-0.39, 0.29) is 5.69 Å². The highest BCUT2D eigenvalue weighted by Crippen LogP contribution is 2.23. The molecular weight excluding hydrogens is 210 g/mol. The minimum atomic E-state index is -0.698. The molecule has 0 saturated carbocycles. The monoisotopic (exact) mass is 221 g/mol. The third-order valence-corrected chi connectivity index (χ3v) is 2.48. The normalized spacial score (nSPS) is 12.9. The molecule has 0 aliphatic carbocycles. The first-order valence-electron chi connectivity index (χ1n) is 4.79. The molecule has 16 heavy (non-hydrogen) atoms. The molecule has 1 N–H and O–H groups in total. The van der Waals surface area contributed by atoms with Gasteiger partial charge in [0.15, 0.2) is 0 Å². The van der Waals surface area contributed by atoms with Crippen LogP contribution in [-0.2, 0) is 7.05 Å². The maximum Gasteiger partial charge on any atom is 0.271 e. The van der Waals surface area contributed by atoms with Gasteiger partial charge in [-0.3, -0.25) is 10.1 Å². The molecule has 1 heterocycles. The van der Waals surface area contributed by atoms with Crippen LogP contribution in [0.3, 0.4) is 0 Å². The Morgan fingerprint density at radius 3 is 2.81 bits per heavy atom. The van der Waals surface area contributed by atoms with Crippen LogP contribution in [0.25, 0.3) is 11.0 Å². The lowest BCUT2D eigenvalue weighted by Gasteiger charge is -2.03. The quantitative estimate of drug-likeness (QED) is 0.616. The number of nitro groups is 1. The summed E-state index contributed by atoms with van der Waals surface area (Å²) >= 11 is 0. The standard InChI is InChI=1S/C10H11N3O3/c1-6(14)10-11-8-5-7(13(15)16)3-4-9(8)12(10)2/h3-6,14H,1-2H3. The first kappa shape index (κ1) is 10.6. The number of non-ortho nitro benzene ring substituents is 1. The summed E-state index contributed by atoms with van der Waals surface area (Å²) < 4.78 is 1.73. The van der Waals surface area contributed by atoms with Crippen LogP contribution in [0.1, 0.15) is 18.9 Å². The Kier molecular flexibility index (Phi) is 2.35. The number of rotatable bonds is 2. The zero-order valence-electron chi connectivity index (χ0n) is 8.91. The molecule has 0 aliphatic rings. The summed E-state index contributed by atoms with van der Waals surface area (Å²) in [5.41, 5.74) is 1.29. The average Bonchev–Trinajstić information content (AvgIpc) is 2.55. The molecule has 0 fully saturated rings. The van der Waals surface area contributed by atoms with Gasteiger partial charge in [0, 0.05) is 19.2 Å². The Morgan fingerprint density at radius 2 is 2.25 bits per heavy atom. The second-order valence-electron chi connectivity index (χ2n) is 3.64. The van der Waals surface area contributed by atoms with Crippen molar-refractivity contribution in [3.63, 3.8) is 0 Å². The number of benzene rings is 1. The molecule has 6 heteroatoms. The Balaban J connectivity index is 2.67. The van der Waals surface area contributed by atoms with Crippen molar-refractivity contribution in [2.45, 2.75) is 13.0 Å². The molecule has 2 rings (SSSR count). The van der Waals surface area contributed by atoms with E-state index in [4.69, 9.17) is 0 Å². The van der Waals surface area contributed by atoms with Crippen molar-refractivity contribution in [2.75, 3.05) is 0 Å². The zero-order chi connectivity index (χ0) is 11.9. The predicted molar refractivity (Wildman–Crippen MR) is 58.0 cm³/mol. The van der Waals surface area contributed by atoms with Crippen LogP contribution >= 0.6 is 0 Å². The van der Waals surface area contributed by atoms with E-state index >= 15 is 0 Å². The molecule has 0 amide bonds. The van der Waals surface area contributed by atoms with E-state index in [1.54, 1.807) is 24.6 Å². The van der Waals surface area contributed by atoms with Crippen LogP contribution in [0.15, 0.2) is 18.2 Å². The highest BCUT2D eigenvalue weighted by atomic mass is 16.6. The molecule has 1 aromatic heterocycles. The number of fused-ring (bicyclic) bond motifs is 1. The number of hydrogen-bond acceptors (Lipinski definition) is 4. The largest absolute Gasteiger partial charge is 0.385 e. The fraction of sp³-hybridized carbons (Fsp3) is 0.300. The van der Waals surface area contributed by atoms with Gasteiger partial charge in [0.1, 0.15) is 11.9 Å². The van der Waals surface area contributed by atoms with Crippen LogP contribution < -0.4 is 0 Å². The number of aliphatic hydroxyl groups is 1. The van der Waals surface area contributed by atoms with Gasteiger partial charge in [0.05, 0.1) is 16.0 Å². The molecule has 1 aromatic carbocycles. The third-order valence-electron chi connectivity index (χ3n) is 2.48. The third kappa shape index (κ3) is 1.53. The molecule has 0 aliphatic heterocycles. The molecule has 0 saturated heterocycles. The van der Waals surface area contributed by atoms with E-state index in [0.29, 0.717) is 11.3 Å². The van der Waals surface area contributed by atoms with Crippen molar-refractivity contribution < 1.29 is 10.0 Å². The van der Waals surface area contributed by atoms with Gasteiger partial charge in [-0.25, -0.2) is 4.98 Å². The minimum absolute atomic E-state index is 0.00254. The fourth-order valence-electron chi connectivity index (χ4n) is 1.69.